The summed E-state index contributed by atoms with van der Waals surface area (Å²) in [5.74, 6) is -1.32. The first-order valence-corrected chi connectivity index (χ1v) is 7.31. The van der Waals surface area contributed by atoms with Crippen LogP contribution in [0.25, 0.3) is 0 Å². The third kappa shape index (κ3) is 3.85. The molecule has 0 aromatic heterocycles. The summed E-state index contributed by atoms with van der Waals surface area (Å²) in [6, 6.07) is 6.58. The van der Waals surface area contributed by atoms with Crippen molar-refractivity contribution in [2.45, 2.75) is 31.7 Å². The van der Waals surface area contributed by atoms with Gasteiger partial charge in [0, 0.05) is 10.9 Å². The van der Waals surface area contributed by atoms with Gasteiger partial charge in [0.05, 0.1) is 0 Å². The Morgan fingerprint density at radius 2 is 2.19 bits per heavy atom. The molecule has 3 atom stereocenters. The summed E-state index contributed by atoms with van der Waals surface area (Å²) >= 11 is 6.12. The van der Waals surface area contributed by atoms with E-state index < -0.39 is 12.0 Å². The largest absolute Gasteiger partial charge is 0.480 e. The van der Waals surface area contributed by atoms with Crippen molar-refractivity contribution in [3.8, 4) is 0 Å². The Morgan fingerprint density at radius 3 is 2.81 bits per heavy atom. The van der Waals surface area contributed by atoms with Gasteiger partial charge < -0.3 is 10.4 Å². The van der Waals surface area contributed by atoms with Crippen LogP contribution in [0.2, 0.25) is 5.02 Å². The highest BCUT2D eigenvalue weighted by Gasteiger charge is 2.45. The van der Waals surface area contributed by atoms with Gasteiger partial charge in [0.2, 0.25) is 5.91 Å². The number of carboxylic acids is 1. The molecule has 2 rings (SSSR count). The highest BCUT2D eigenvalue weighted by Crippen LogP contribution is 2.49. The molecule has 1 aromatic rings. The van der Waals surface area contributed by atoms with Crippen LogP contribution in [0.15, 0.2) is 36.4 Å². The normalized spacial score (nSPS) is 22.0. The summed E-state index contributed by atoms with van der Waals surface area (Å²) in [4.78, 5) is 23.3. The lowest BCUT2D eigenvalue weighted by Gasteiger charge is -2.12. The summed E-state index contributed by atoms with van der Waals surface area (Å²) in [6.45, 7) is 1.81. The number of benzene rings is 1. The molecule has 112 valence electrons. The SMILES string of the molecule is C/C=C/CC(NC(=O)C1CC1c1ccccc1Cl)C(=O)O. The van der Waals surface area contributed by atoms with Crippen molar-refractivity contribution in [1.82, 2.24) is 5.32 Å². The second-order valence-corrected chi connectivity index (χ2v) is 5.58. The van der Waals surface area contributed by atoms with Gasteiger partial charge in [-0.25, -0.2) is 4.79 Å². The van der Waals surface area contributed by atoms with Crippen molar-refractivity contribution >= 4 is 23.5 Å². The lowest BCUT2D eigenvalue weighted by Crippen LogP contribution is -2.41. The lowest BCUT2D eigenvalue weighted by atomic mass is 10.1. The van der Waals surface area contributed by atoms with Gasteiger partial charge in [-0.1, -0.05) is 42.0 Å². The third-order valence-electron chi connectivity index (χ3n) is 3.65. The summed E-state index contributed by atoms with van der Waals surface area (Å²) in [5, 5.41) is 12.4. The van der Waals surface area contributed by atoms with E-state index in [-0.39, 0.29) is 17.7 Å². The van der Waals surface area contributed by atoms with E-state index in [1.165, 1.54) is 0 Å². The highest BCUT2D eigenvalue weighted by atomic mass is 35.5. The van der Waals surface area contributed by atoms with Gasteiger partial charge in [-0.05, 0) is 37.3 Å². The van der Waals surface area contributed by atoms with E-state index in [0.29, 0.717) is 17.9 Å². The van der Waals surface area contributed by atoms with Gasteiger partial charge in [0.15, 0.2) is 0 Å². The minimum atomic E-state index is -1.02. The van der Waals surface area contributed by atoms with Crippen molar-refractivity contribution in [2.24, 2.45) is 5.92 Å². The molecule has 0 saturated heterocycles. The molecular weight excluding hydrogens is 290 g/mol. The van der Waals surface area contributed by atoms with Gasteiger partial charge >= 0.3 is 5.97 Å². The summed E-state index contributed by atoms with van der Waals surface area (Å²) in [7, 11) is 0. The Balaban J connectivity index is 1.96. The topological polar surface area (TPSA) is 66.4 Å². The van der Waals surface area contributed by atoms with Crippen molar-refractivity contribution in [3.63, 3.8) is 0 Å². The number of hydrogen-bond acceptors (Lipinski definition) is 2. The molecule has 1 amide bonds. The number of nitrogens with one attached hydrogen (secondary N) is 1. The number of rotatable bonds is 6. The van der Waals surface area contributed by atoms with Crippen LogP contribution >= 0.6 is 11.6 Å². The minimum absolute atomic E-state index is 0.0925. The van der Waals surface area contributed by atoms with E-state index in [2.05, 4.69) is 5.32 Å². The Labute approximate surface area is 128 Å². The first-order chi connectivity index (χ1) is 10.0. The maximum Gasteiger partial charge on any atom is 0.326 e. The quantitative estimate of drug-likeness (QED) is 0.794. The van der Waals surface area contributed by atoms with Crippen molar-refractivity contribution in [3.05, 3.63) is 47.0 Å². The van der Waals surface area contributed by atoms with E-state index in [1.807, 2.05) is 25.1 Å². The first kappa shape index (κ1) is 15.6. The predicted molar refractivity (Wildman–Crippen MR) is 81.3 cm³/mol. The molecule has 1 aliphatic carbocycles. The molecule has 3 unspecified atom stereocenters. The molecule has 1 aliphatic rings. The summed E-state index contributed by atoms with van der Waals surface area (Å²) < 4.78 is 0. The Kier molecular flexibility index (Phi) is 5.02. The number of amides is 1. The van der Waals surface area contributed by atoms with E-state index in [1.54, 1.807) is 18.2 Å². The molecular formula is C16H18ClNO3. The standard InChI is InChI=1S/C16H18ClNO3/c1-2-3-8-14(16(20)21)18-15(19)12-9-11(12)10-6-4-5-7-13(10)17/h2-7,11-12,14H,8-9H2,1H3,(H,18,19)(H,20,21)/b3-2+. The van der Waals surface area contributed by atoms with Gasteiger partial charge in [0.1, 0.15) is 6.04 Å². The minimum Gasteiger partial charge on any atom is -0.480 e. The fraction of sp³-hybridized carbons (Fsp3) is 0.375. The number of carbonyl (C=O) groups is 2. The Hall–Kier alpha value is -1.81. The Bertz CT molecular complexity index is 570. The van der Waals surface area contributed by atoms with Crippen molar-refractivity contribution in [1.29, 1.82) is 0 Å². The second kappa shape index (κ2) is 6.76. The molecule has 0 spiro atoms. The van der Waals surface area contributed by atoms with Crippen LogP contribution in [0.4, 0.5) is 0 Å². The molecule has 5 heteroatoms. The zero-order valence-electron chi connectivity index (χ0n) is 11.8. The van der Waals surface area contributed by atoms with Crippen LogP contribution in [0.1, 0.15) is 31.2 Å². The molecule has 0 heterocycles. The first-order valence-electron chi connectivity index (χ1n) is 6.93. The van der Waals surface area contributed by atoms with Crippen LogP contribution in [-0.2, 0) is 9.59 Å². The number of carboxylic acid groups (broad SMARTS) is 1. The van der Waals surface area contributed by atoms with E-state index >= 15 is 0 Å². The maximum absolute atomic E-state index is 12.1. The fourth-order valence-electron chi connectivity index (χ4n) is 2.38. The van der Waals surface area contributed by atoms with Crippen LogP contribution < -0.4 is 5.32 Å². The number of aliphatic carboxylic acids is 1. The predicted octanol–water partition coefficient (Wildman–Crippen LogP) is 2.98. The molecule has 0 bridgehead atoms. The average Bonchev–Trinajstić information content (AvgIpc) is 3.23. The van der Waals surface area contributed by atoms with Gasteiger partial charge in [0.25, 0.3) is 0 Å². The van der Waals surface area contributed by atoms with Gasteiger partial charge in [-0.15, -0.1) is 0 Å². The highest BCUT2D eigenvalue weighted by molar-refractivity contribution is 6.31. The average molecular weight is 308 g/mol. The Morgan fingerprint density at radius 1 is 1.48 bits per heavy atom. The number of allylic oxidation sites excluding steroid dienone is 1. The van der Waals surface area contributed by atoms with Crippen LogP contribution in [-0.4, -0.2) is 23.0 Å². The molecule has 1 fully saturated rings. The molecule has 2 N–H and O–H groups in total. The monoisotopic (exact) mass is 307 g/mol. The maximum atomic E-state index is 12.1. The third-order valence-corrected chi connectivity index (χ3v) is 4.00. The zero-order valence-corrected chi connectivity index (χ0v) is 12.5. The van der Waals surface area contributed by atoms with Crippen LogP contribution in [0.5, 0.6) is 0 Å². The molecule has 1 saturated carbocycles. The molecule has 21 heavy (non-hydrogen) atoms. The zero-order chi connectivity index (χ0) is 15.4. The molecule has 4 nitrogen and oxygen atoms in total. The van der Waals surface area contributed by atoms with Gasteiger partial charge in [-0.3, -0.25) is 4.79 Å². The number of halogens is 1. The summed E-state index contributed by atoms with van der Waals surface area (Å²) in [5.41, 5.74) is 0.958. The van der Waals surface area contributed by atoms with Crippen molar-refractivity contribution < 1.29 is 14.7 Å². The van der Waals surface area contributed by atoms with E-state index in [9.17, 15) is 9.59 Å². The molecule has 0 aliphatic heterocycles. The smallest absolute Gasteiger partial charge is 0.326 e. The van der Waals surface area contributed by atoms with Crippen LogP contribution in [0, 0.1) is 5.92 Å². The summed E-state index contributed by atoms with van der Waals surface area (Å²) in [6.07, 6.45) is 4.51. The van der Waals surface area contributed by atoms with Gasteiger partial charge in [-0.2, -0.15) is 0 Å². The van der Waals surface area contributed by atoms with Crippen molar-refractivity contribution in [2.75, 3.05) is 0 Å². The second-order valence-electron chi connectivity index (χ2n) is 5.17. The number of carbonyl (C=O) groups excluding carboxylic acids is 1. The van der Waals surface area contributed by atoms with E-state index in [0.717, 1.165) is 5.56 Å². The number of hydrogen-bond donors (Lipinski definition) is 2. The van der Waals surface area contributed by atoms with E-state index in [4.69, 9.17) is 16.7 Å². The molecule has 0 radical (unpaired) electrons. The molecule has 1 aromatic carbocycles. The fourth-order valence-corrected chi connectivity index (χ4v) is 2.65. The van der Waals surface area contributed by atoms with Crippen LogP contribution in [0.3, 0.4) is 0 Å². The lowest BCUT2D eigenvalue weighted by molar-refractivity contribution is -0.141.